The SMILES string of the molecule is CCC1(CNC(=O)c2cccc(N)c2C)CC1. The topological polar surface area (TPSA) is 55.1 Å². The first-order chi connectivity index (χ1) is 8.08. The Morgan fingerprint density at radius 3 is 2.76 bits per heavy atom. The van der Waals surface area contributed by atoms with Crippen molar-refractivity contribution in [2.75, 3.05) is 12.3 Å². The number of amides is 1. The van der Waals surface area contributed by atoms with E-state index in [1.807, 2.05) is 25.1 Å². The lowest BCUT2D eigenvalue weighted by Gasteiger charge is -2.14. The highest BCUT2D eigenvalue weighted by Crippen LogP contribution is 2.47. The molecular formula is C14H20N2O. The number of nitrogens with one attached hydrogen (secondary N) is 1. The fourth-order valence-electron chi connectivity index (χ4n) is 2.09. The molecule has 0 bridgehead atoms. The largest absolute Gasteiger partial charge is 0.398 e. The van der Waals surface area contributed by atoms with E-state index >= 15 is 0 Å². The van der Waals surface area contributed by atoms with Crippen LogP contribution in [-0.4, -0.2) is 12.5 Å². The highest BCUT2D eigenvalue weighted by Gasteiger charge is 2.40. The summed E-state index contributed by atoms with van der Waals surface area (Å²) in [5, 5.41) is 3.03. The number of nitrogen functional groups attached to an aromatic ring is 1. The molecule has 3 heteroatoms. The Hall–Kier alpha value is -1.51. The van der Waals surface area contributed by atoms with Crippen LogP contribution in [0.1, 0.15) is 42.1 Å². The molecule has 0 saturated heterocycles. The third kappa shape index (κ3) is 2.43. The quantitative estimate of drug-likeness (QED) is 0.784. The van der Waals surface area contributed by atoms with Gasteiger partial charge in [-0.15, -0.1) is 0 Å². The summed E-state index contributed by atoms with van der Waals surface area (Å²) in [6.07, 6.45) is 3.61. The molecule has 0 aromatic heterocycles. The molecule has 1 amide bonds. The monoisotopic (exact) mass is 232 g/mol. The third-order valence-corrected chi connectivity index (χ3v) is 3.95. The van der Waals surface area contributed by atoms with Gasteiger partial charge in [-0.25, -0.2) is 0 Å². The van der Waals surface area contributed by atoms with Crippen LogP contribution in [-0.2, 0) is 0 Å². The molecule has 2 rings (SSSR count). The highest BCUT2D eigenvalue weighted by molar-refractivity contribution is 5.96. The number of benzene rings is 1. The molecule has 92 valence electrons. The second kappa shape index (κ2) is 4.40. The fourth-order valence-corrected chi connectivity index (χ4v) is 2.09. The average Bonchev–Trinajstić information content (AvgIpc) is 3.10. The Kier molecular flexibility index (Phi) is 3.09. The molecule has 1 fully saturated rings. The molecule has 17 heavy (non-hydrogen) atoms. The van der Waals surface area contributed by atoms with Crippen molar-refractivity contribution in [1.82, 2.24) is 5.32 Å². The molecule has 3 nitrogen and oxygen atoms in total. The van der Waals surface area contributed by atoms with Crippen molar-refractivity contribution in [2.45, 2.75) is 33.1 Å². The van der Waals surface area contributed by atoms with E-state index < -0.39 is 0 Å². The summed E-state index contributed by atoms with van der Waals surface area (Å²) in [6.45, 7) is 4.86. The van der Waals surface area contributed by atoms with Crippen LogP contribution in [0.15, 0.2) is 18.2 Å². The van der Waals surface area contributed by atoms with E-state index in [1.165, 1.54) is 12.8 Å². The van der Waals surface area contributed by atoms with Crippen molar-refractivity contribution in [3.8, 4) is 0 Å². The first-order valence-corrected chi connectivity index (χ1v) is 6.21. The maximum absolute atomic E-state index is 12.0. The molecular weight excluding hydrogens is 212 g/mol. The second-order valence-electron chi connectivity index (χ2n) is 5.06. The van der Waals surface area contributed by atoms with Gasteiger partial charge in [-0.2, -0.15) is 0 Å². The molecule has 0 atom stereocenters. The van der Waals surface area contributed by atoms with Crippen LogP contribution in [0.4, 0.5) is 5.69 Å². The van der Waals surface area contributed by atoms with Gasteiger partial charge in [0.25, 0.3) is 5.91 Å². The minimum atomic E-state index is -0.00507. The summed E-state index contributed by atoms with van der Waals surface area (Å²) in [5.74, 6) is -0.00507. The van der Waals surface area contributed by atoms with Gasteiger partial charge in [0.2, 0.25) is 0 Å². The molecule has 3 N–H and O–H groups in total. The summed E-state index contributed by atoms with van der Waals surface area (Å²) in [7, 11) is 0. The first kappa shape index (κ1) is 12.0. The Morgan fingerprint density at radius 1 is 1.47 bits per heavy atom. The van der Waals surface area contributed by atoms with Crippen LogP contribution >= 0.6 is 0 Å². The van der Waals surface area contributed by atoms with Crippen molar-refractivity contribution < 1.29 is 4.79 Å². The van der Waals surface area contributed by atoms with Gasteiger partial charge in [0.1, 0.15) is 0 Å². The summed E-state index contributed by atoms with van der Waals surface area (Å²) in [6, 6.07) is 5.47. The maximum Gasteiger partial charge on any atom is 0.251 e. The number of anilines is 1. The van der Waals surface area contributed by atoms with Gasteiger partial charge >= 0.3 is 0 Å². The number of carbonyl (C=O) groups is 1. The first-order valence-electron chi connectivity index (χ1n) is 6.21. The molecule has 1 aliphatic rings. The lowest BCUT2D eigenvalue weighted by Crippen LogP contribution is -2.30. The molecule has 1 aromatic carbocycles. The normalized spacial score (nSPS) is 16.6. The van der Waals surface area contributed by atoms with Gasteiger partial charge in [-0.3, -0.25) is 4.79 Å². The number of hydrogen-bond donors (Lipinski definition) is 2. The Morgan fingerprint density at radius 2 is 2.18 bits per heavy atom. The number of hydrogen-bond acceptors (Lipinski definition) is 2. The van der Waals surface area contributed by atoms with Crippen LogP contribution in [0.2, 0.25) is 0 Å². The van der Waals surface area contributed by atoms with Crippen molar-refractivity contribution in [3.63, 3.8) is 0 Å². The van der Waals surface area contributed by atoms with Crippen molar-refractivity contribution in [2.24, 2.45) is 5.41 Å². The van der Waals surface area contributed by atoms with E-state index in [9.17, 15) is 4.79 Å². The third-order valence-electron chi connectivity index (χ3n) is 3.95. The summed E-state index contributed by atoms with van der Waals surface area (Å²) in [4.78, 5) is 12.0. The highest BCUT2D eigenvalue weighted by atomic mass is 16.1. The van der Waals surface area contributed by atoms with Gasteiger partial charge in [0.05, 0.1) is 0 Å². The molecule has 0 heterocycles. The minimum Gasteiger partial charge on any atom is -0.398 e. The minimum absolute atomic E-state index is 0.00507. The second-order valence-corrected chi connectivity index (χ2v) is 5.06. The van der Waals surface area contributed by atoms with Gasteiger partial charge in [0.15, 0.2) is 0 Å². The fraction of sp³-hybridized carbons (Fsp3) is 0.500. The van der Waals surface area contributed by atoms with Gasteiger partial charge in [-0.1, -0.05) is 13.0 Å². The van der Waals surface area contributed by atoms with Crippen LogP contribution in [0.3, 0.4) is 0 Å². The van der Waals surface area contributed by atoms with Crippen LogP contribution < -0.4 is 11.1 Å². The Labute approximate surface area is 102 Å². The summed E-state index contributed by atoms with van der Waals surface area (Å²) < 4.78 is 0. The zero-order valence-corrected chi connectivity index (χ0v) is 10.5. The smallest absolute Gasteiger partial charge is 0.251 e. The summed E-state index contributed by atoms with van der Waals surface area (Å²) in [5.41, 5.74) is 8.41. The average molecular weight is 232 g/mol. The zero-order chi connectivity index (χ0) is 12.5. The predicted octanol–water partition coefficient (Wildman–Crippen LogP) is 2.50. The van der Waals surface area contributed by atoms with Crippen molar-refractivity contribution in [3.05, 3.63) is 29.3 Å². The molecule has 0 spiro atoms. The summed E-state index contributed by atoms with van der Waals surface area (Å²) >= 11 is 0. The van der Waals surface area contributed by atoms with E-state index in [0.717, 1.165) is 18.5 Å². The van der Waals surface area contributed by atoms with Gasteiger partial charge < -0.3 is 11.1 Å². The maximum atomic E-state index is 12.0. The molecule has 1 aromatic rings. The Bertz CT molecular complexity index is 436. The molecule has 1 saturated carbocycles. The number of nitrogens with two attached hydrogens (primary N) is 1. The van der Waals surface area contributed by atoms with E-state index in [2.05, 4.69) is 12.2 Å². The number of rotatable bonds is 4. The molecule has 0 unspecified atom stereocenters. The van der Waals surface area contributed by atoms with E-state index in [0.29, 0.717) is 16.7 Å². The lowest BCUT2D eigenvalue weighted by atomic mass is 10.0. The Balaban J connectivity index is 2.02. The standard InChI is InChI=1S/C14H20N2O/c1-3-14(7-8-14)9-16-13(17)11-5-4-6-12(15)10(11)2/h4-6H,3,7-9,15H2,1-2H3,(H,16,17). The van der Waals surface area contributed by atoms with Crippen LogP contribution in [0, 0.1) is 12.3 Å². The molecule has 0 radical (unpaired) electrons. The van der Waals surface area contributed by atoms with E-state index in [1.54, 1.807) is 0 Å². The van der Waals surface area contributed by atoms with Crippen LogP contribution in [0.25, 0.3) is 0 Å². The van der Waals surface area contributed by atoms with Crippen molar-refractivity contribution >= 4 is 11.6 Å². The predicted molar refractivity (Wildman–Crippen MR) is 69.9 cm³/mol. The number of carbonyl (C=O) groups excluding carboxylic acids is 1. The van der Waals surface area contributed by atoms with Crippen molar-refractivity contribution in [1.29, 1.82) is 0 Å². The van der Waals surface area contributed by atoms with Crippen LogP contribution in [0.5, 0.6) is 0 Å². The van der Waals surface area contributed by atoms with Gasteiger partial charge in [-0.05, 0) is 49.3 Å². The molecule has 0 aliphatic heterocycles. The van der Waals surface area contributed by atoms with E-state index in [4.69, 9.17) is 5.73 Å². The van der Waals surface area contributed by atoms with E-state index in [-0.39, 0.29) is 5.91 Å². The molecule has 1 aliphatic carbocycles. The van der Waals surface area contributed by atoms with Gasteiger partial charge in [0, 0.05) is 17.8 Å². The lowest BCUT2D eigenvalue weighted by molar-refractivity contribution is 0.0944. The zero-order valence-electron chi connectivity index (χ0n) is 10.5.